The Labute approximate surface area is 129 Å². The van der Waals surface area contributed by atoms with E-state index >= 15 is 0 Å². The highest BCUT2D eigenvalue weighted by atomic mass is 16.2. The summed E-state index contributed by atoms with van der Waals surface area (Å²) in [4.78, 5) is 24.0. The van der Waals surface area contributed by atoms with E-state index in [0.29, 0.717) is 17.1 Å². The largest absolute Gasteiger partial charge is 0.397 e. The molecular weight excluding hydrogens is 278 g/mol. The highest BCUT2D eigenvalue weighted by Crippen LogP contribution is 2.20. The number of hydrogen-bond donors (Lipinski definition) is 3. The van der Waals surface area contributed by atoms with Gasteiger partial charge in [0.15, 0.2) is 0 Å². The van der Waals surface area contributed by atoms with Crippen molar-refractivity contribution in [1.29, 1.82) is 0 Å². The van der Waals surface area contributed by atoms with Gasteiger partial charge in [0, 0.05) is 5.69 Å². The third-order valence-electron chi connectivity index (χ3n) is 3.31. The lowest BCUT2D eigenvalue weighted by Gasteiger charge is -2.11. The van der Waals surface area contributed by atoms with Crippen LogP contribution in [0.25, 0.3) is 0 Å². The molecule has 0 aromatic heterocycles. The fraction of sp³-hybridized carbons (Fsp3) is 0.176. The molecule has 2 aromatic carbocycles. The van der Waals surface area contributed by atoms with E-state index in [2.05, 4.69) is 10.6 Å². The standard InChI is InChI=1S/C17H19N3O2/c1-3-12-6-4-5-7-14(12)19-16(21)17(22)20-15-9-8-11(2)10-13(15)18/h4-10H,3,18H2,1-2H3,(H,19,21)(H,20,22). The molecule has 5 nitrogen and oxygen atoms in total. The predicted molar refractivity (Wildman–Crippen MR) is 88.7 cm³/mol. The van der Waals surface area contributed by atoms with Gasteiger partial charge in [0.1, 0.15) is 0 Å². The van der Waals surface area contributed by atoms with Crippen LogP contribution in [0.5, 0.6) is 0 Å². The van der Waals surface area contributed by atoms with Crippen LogP contribution in [0.3, 0.4) is 0 Å². The molecule has 0 saturated carbocycles. The first-order chi connectivity index (χ1) is 10.5. The molecule has 0 atom stereocenters. The number of nitrogens with one attached hydrogen (secondary N) is 2. The first kappa shape index (κ1) is 15.6. The zero-order chi connectivity index (χ0) is 16.1. The van der Waals surface area contributed by atoms with Crippen LogP contribution in [0.2, 0.25) is 0 Å². The summed E-state index contributed by atoms with van der Waals surface area (Å²) in [5.74, 6) is -1.47. The molecule has 0 heterocycles. The lowest BCUT2D eigenvalue weighted by atomic mass is 10.1. The van der Waals surface area contributed by atoms with Gasteiger partial charge in [-0.3, -0.25) is 9.59 Å². The molecule has 0 saturated heterocycles. The van der Waals surface area contributed by atoms with E-state index in [9.17, 15) is 9.59 Å². The molecule has 2 rings (SSSR count). The molecular formula is C17H19N3O2. The number of carbonyl (C=O) groups is 2. The molecule has 0 radical (unpaired) electrons. The molecule has 0 fully saturated rings. The summed E-state index contributed by atoms with van der Waals surface area (Å²) in [7, 11) is 0. The summed E-state index contributed by atoms with van der Waals surface area (Å²) in [6.45, 7) is 3.88. The van der Waals surface area contributed by atoms with Crippen LogP contribution in [-0.2, 0) is 16.0 Å². The predicted octanol–water partition coefficient (Wildman–Crippen LogP) is 2.72. The molecule has 2 aromatic rings. The smallest absolute Gasteiger partial charge is 0.314 e. The van der Waals surface area contributed by atoms with E-state index < -0.39 is 11.8 Å². The Kier molecular flexibility index (Phi) is 4.78. The molecule has 0 aliphatic heterocycles. The van der Waals surface area contributed by atoms with E-state index in [4.69, 9.17) is 5.73 Å². The maximum Gasteiger partial charge on any atom is 0.314 e. The van der Waals surface area contributed by atoms with Crippen LogP contribution in [0, 0.1) is 6.92 Å². The van der Waals surface area contributed by atoms with Crippen molar-refractivity contribution in [2.75, 3.05) is 16.4 Å². The minimum absolute atomic E-state index is 0.425. The summed E-state index contributed by atoms with van der Waals surface area (Å²) in [6, 6.07) is 12.6. The third-order valence-corrected chi connectivity index (χ3v) is 3.31. The van der Waals surface area contributed by atoms with Crippen LogP contribution in [0.1, 0.15) is 18.1 Å². The second-order valence-corrected chi connectivity index (χ2v) is 5.01. The minimum Gasteiger partial charge on any atom is -0.397 e. The van der Waals surface area contributed by atoms with Crippen molar-refractivity contribution in [3.63, 3.8) is 0 Å². The molecule has 0 spiro atoms. The molecule has 0 aliphatic carbocycles. The summed E-state index contributed by atoms with van der Waals surface area (Å²) in [5, 5.41) is 5.14. The van der Waals surface area contributed by atoms with Gasteiger partial charge >= 0.3 is 11.8 Å². The van der Waals surface area contributed by atoms with Gasteiger partial charge in [-0.15, -0.1) is 0 Å². The van der Waals surface area contributed by atoms with Gasteiger partial charge in [-0.1, -0.05) is 31.2 Å². The molecule has 4 N–H and O–H groups in total. The number of rotatable bonds is 3. The number of hydrogen-bond acceptors (Lipinski definition) is 3. The Morgan fingerprint density at radius 1 is 1.00 bits per heavy atom. The first-order valence-corrected chi connectivity index (χ1v) is 7.07. The maximum absolute atomic E-state index is 12.0. The average Bonchev–Trinajstić information content (AvgIpc) is 2.50. The quantitative estimate of drug-likeness (QED) is 0.601. The van der Waals surface area contributed by atoms with Crippen LogP contribution < -0.4 is 16.4 Å². The lowest BCUT2D eigenvalue weighted by Crippen LogP contribution is -2.29. The number of carbonyl (C=O) groups excluding carboxylic acids is 2. The van der Waals surface area contributed by atoms with Crippen LogP contribution in [0.15, 0.2) is 42.5 Å². The second kappa shape index (κ2) is 6.76. The van der Waals surface area contributed by atoms with Crippen molar-refractivity contribution in [1.82, 2.24) is 0 Å². The third kappa shape index (κ3) is 3.63. The van der Waals surface area contributed by atoms with Gasteiger partial charge in [0.05, 0.1) is 11.4 Å². The average molecular weight is 297 g/mol. The monoisotopic (exact) mass is 297 g/mol. The fourth-order valence-corrected chi connectivity index (χ4v) is 2.10. The Morgan fingerprint density at radius 2 is 1.64 bits per heavy atom. The van der Waals surface area contributed by atoms with Crippen LogP contribution in [0.4, 0.5) is 17.1 Å². The molecule has 5 heteroatoms. The van der Waals surface area contributed by atoms with Gasteiger partial charge in [-0.2, -0.15) is 0 Å². The van der Waals surface area contributed by atoms with Gasteiger partial charge in [0.25, 0.3) is 0 Å². The van der Waals surface area contributed by atoms with Gasteiger partial charge in [-0.05, 0) is 42.7 Å². The zero-order valence-electron chi connectivity index (χ0n) is 12.6. The zero-order valence-corrected chi connectivity index (χ0v) is 12.6. The van der Waals surface area contributed by atoms with Gasteiger partial charge < -0.3 is 16.4 Å². The highest BCUT2D eigenvalue weighted by molar-refractivity contribution is 6.44. The number of benzene rings is 2. The van der Waals surface area contributed by atoms with Crippen molar-refractivity contribution in [2.45, 2.75) is 20.3 Å². The molecule has 0 aliphatic rings. The summed E-state index contributed by atoms with van der Waals surface area (Å²) in [6.07, 6.45) is 0.767. The Morgan fingerprint density at radius 3 is 2.27 bits per heavy atom. The molecule has 0 unspecified atom stereocenters. The van der Waals surface area contributed by atoms with E-state index in [-0.39, 0.29) is 0 Å². The number of amides is 2. The summed E-state index contributed by atoms with van der Waals surface area (Å²) < 4.78 is 0. The normalized spacial score (nSPS) is 10.1. The number of aryl methyl sites for hydroxylation is 2. The SMILES string of the molecule is CCc1ccccc1NC(=O)C(=O)Nc1ccc(C)cc1N. The minimum atomic E-state index is -0.749. The van der Waals surface area contributed by atoms with Crippen molar-refractivity contribution in [2.24, 2.45) is 0 Å². The maximum atomic E-state index is 12.0. The topological polar surface area (TPSA) is 84.2 Å². The van der Waals surface area contributed by atoms with E-state index in [1.54, 1.807) is 18.2 Å². The van der Waals surface area contributed by atoms with Crippen molar-refractivity contribution < 1.29 is 9.59 Å². The van der Waals surface area contributed by atoms with Crippen molar-refractivity contribution in [3.05, 3.63) is 53.6 Å². The number of para-hydroxylation sites is 1. The van der Waals surface area contributed by atoms with Gasteiger partial charge in [0.2, 0.25) is 0 Å². The molecule has 22 heavy (non-hydrogen) atoms. The number of nitrogens with two attached hydrogens (primary N) is 1. The number of anilines is 3. The number of nitrogen functional groups attached to an aromatic ring is 1. The molecule has 114 valence electrons. The summed E-state index contributed by atoms with van der Waals surface area (Å²) >= 11 is 0. The van der Waals surface area contributed by atoms with Gasteiger partial charge in [-0.25, -0.2) is 0 Å². The lowest BCUT2D eigenvalue weighted by molar-refractivity contribution is -0.132. The highest BCUT2D eigenvalue weighted by Gasteiger charge is 2.16. The van der Waals surface area contributed by atoms with E-state index in [0.717, 1.165) is 17.5 Å². The van der Waals surface area contributed by atoms with Crippen molar-refractivity contribution >= 4 is 28.9 Å². The Hall–Kier alpha value is -2.82. The van der Waals surface area contributed by atoms with Crippen LogP contribution in [-0.4, -0.2) is 11.8 Å². The van der Waals surface area contributed by atoms with E-state index in [1.165, 1.54) is 0 Å². The van der Waals surface area contributed by atoms with E-state index in [1.807, 2.05) is 38.1 Å². The molecule has 2 amide bonds. The second-order valence-electron chi connectivity index (χ2n) is 5.01. The van der Waals surface area contributed by atoms with Crippen LogP contribution >= 0.6 is 0 Å². The Bertz CT molecular complexity index is 711. The Balaban J connectivity index is 2.08. The first-order valence-electron chi connectivity index (χ1n) is 7.07. The molecule has 0 bridgehead atoms. The summed E-state index contributed by atoms with van der Waals surface area (Å²) in [5.41, 5.74) is 9.27. The van der Waals surface area contributed by atoms with Crippen molar-refractivity contribution in [3.8, 4) is 0 Å². The fourth-order valence-electron chi connectivity index (χ4n) is 2.10.